The number of amides is 1. The zero-order chi connectivity index (χ0) is 21.8. The van der Waals surface area contributed by atoms with E-state index < -0.39 is 17.8 Å². The molecule has 0 aliphatic carbocycles. The molecule has 0 bridgehead atoms. The van der Waals surface area contributed by atoms with E-state index in [1.165, 1.54) is 11.0 Å². The van der Waals surface area contributed by atoms with E-state index in [-0.39, 0.29) is 23.1 Å². The molecule has 5 rings (SSSR count). The van der Waals surface area contributed by atoms with Crippen molar-refractivity contribution < 1.29 is 22.7 Å². The van der Waals surface area contributed by atoms with Gasteiger partial charge in [0.25, 0.3) is 5.91 Å². The third-order valence-electron chi connectivity index (χ3n) is 5.94. The van der Waals surface area contributed by atoms with Gasteiger partial charge in [-0.1, -0.05) is 12.1 Å². The number of halogens is 3. The van der Waals surface area contributed by atoms with Crippen molar-refractivity contribution >= 4 is 11.6 Å². The van der Waals surface area contributed by atoms with Crippen molar-refractivity contribution in [2.75, 3.05) is 18.1 Å². The van der Waals surface area contributed by atoms with E-state index >= 15 is 0 Å². The molecule has 2 aliphatic heterocycles. The number of hydrogen-bond acceptors (Lipinski definition) is 5. The fourth-order valence-corrected chi connectivity index (χ4v) is 4.17. The van der Waals surface area contributed by atoms with Crippen molar-refractivity contribution in [3.63, 3.8) is 0 Å². The van der Waals surface area contributed by atoms with Gasteiger partial charge in [0.2, 0.25) is 0 Å². The molecule has 0 N–H and O–H groups in total. The molecule has 0 radical (unpaired) electrons. The van der Waals surface area contributed by atoms with Crippen LogP contribution in [0.25, 0.3) is 0 Å². The minimum Gasteiger partial charge on any atom is -0.379 e. The summed E-state index contributed by atoms with van der Waals surface area (Å²) in [4.78, 5) is 17.7. The zero-order valence-electron chi connectivity index (χ0n) is 16.6. The summed E-state index contributed by atoms with van der Waals surface area (Å²) >= 11 is 0. The molecule has 1 fully saturated rings. The van der Waals surface area contributed by atoms with Gasteiger partial charge in [-0.3, -0.25) is 9.78 Å². The summed E-state index contributed by atoms with van der Waals surface area (Å²) < 4.78 is 47.4. The Bertz CT molecular complexity index is 1170. The molecule has 0 spiro atoms. The second kappa shape index (κ2) is 6.88. The van der Waals surface area contributed by atoms with Gasteiger partial charge in [0.1, 0.15) is 17.8 Å². The number of alkyl halides is 3. The van der Waals surface area contributed by atoms with Gasteiger partial charge in [-0.15, -0.1) is 10.2 Å². The molecular weight excluding hydrogens is 411 g/mol. The second-order valence-electron chi connectivity index (χ2n) is 7.93. The van der Waals surface area contributed by atoms with Gasteiger partial charge >= 0.3 is 6.18 Å². The van der Waals surface area contributed by atoms with Gasteiger partial charge in [0.15, 0.2) is 0 Å². The Kier molecular flexibility index (Phi) is 4.37. The molecule has 0 atom stereocenters. The third kappa shape index (κ3) is 3.18. The number of carbonyl (C=O) groups is 1. The molecule has 0 saturated carbocycles. The molecule has 4 heterocycles. The first-order valence-corrected chi connectivity index (χ1v) is 9.67. The number of nitrogens with zero attached hydrogens (tertiary/aromatic N) is 5. The number of ether oxygens (including phenoxy) is 1. The van der Waals surface area contributed by atoms with Crippen molar-refractivity contribution in [2.24, 2.45) is 7.05 Å². The largest absolute Gasteiger partial charge is 0.433 e. The summed E-state index contributed by atoms with van der Waals surface area (Å²) in [6.07, 6.45) is -1.36. The number of rotatable bonds is 4. The quantitative estimate of drug-likeness (QED) is 0.638. The number of pyridine rings is 1. The number of hydrogen-bond donors (Lipinski definition) is 0. The first-order chi connectivity index (χ1) is 14.8. The summed E-state index contributed by atoms with van der Waals surface area (Å²) in [6, 6.07) is 8.67. The maximum absolute atomic E-state index is 13.4. The van der Waals surface area contributed by atoms with Gasteiger partial charge in [0, 0.05) is 41.9 Å². The molecule has 2 aromatic heterocycles. The standard InChI is InChI=1S/C21H18F3N5O2/c1-28-12-26-27-17(28)8-20(10-31-11-20)13-3-2-4-14(7-13)29-9-16-15(19(29)30)5-6-25-18(16)21(22,23)24/h2-7,12H,8-11H2,1H3. The monoisotopic (exact) mass is 429 g/mol. The number of aromatic nitrogens is 4. The number of aryl methyl sites for hydroxylation is 1. The van der Waals surface area contributed by atoms with E-state index in [1.807, 2.05) is 23.7 Å². The molecule has 31 heavy (non-hydrogen) atoms. The Morgan fingerprint density at radius 1 is 1.23 bits per heavy atom. The second-order valence-corrected chi connectivity index (χ2v) is 7.93. The maximum atomic E-state index is 13.4. The molecule has 3 aromatic rings. The van der Waals surface area contributed by atoms with Crippen LogP contribution in [-0.4, -0.2) is 38.9 Å². The first-order valence-electron chi connectivity index (χ1n) is 9.67. The number of carbonyl (C=O) groups excluding carboxylic acids is 1. The highest BCUT2D eigenvalue weighted by Crippen LogP contribution is 2.40. The van der Waals surface area contributed by atoms with E-state index in [1.54, 1.807) is 18.5 Å². The van der Waals surface area contributed by atoms with Crippen molar-refractivity contribution in [3.05, 3.63) is 71.1 Å². The fourth-order valence-electron chi connectivity index (χ4n) is 4.17. The molecule has 0 unspecified atom stereocenters. The zero-order valence-corrected chi connectivity index (χ0v) is 16.6. The highest BCUT2D eigenvalue weighted by atomic mass is 19.4. The molecular formula is C21H18F3N5O2. The Morgan fingerprint density at radius 3 is 2.68 bits per heavy atom. The van der Waals surface area contributed by atoms with Crippen LogP contribution >= 0.6 is 0 Å². The molecule has 1 amide bonds. The van der Waals surface area contributed by atoms with E-state index in [4.69, 9.17) is 4.74 Å². The average Bonchev–Trinajstić information content (AvgIpc) is 3.27. The van der Waals surface area contributed by atoms with E-state index in [2.05, 4.69) is 15.2 Å². The fraction of sp³-hybridized carbons (Fsp3) is 0.333. The van der Waals surface area contributed by atoms with Crippen molar-refractivity contribution in [1.82, 2.24) is 19.7 Å². The molecule has 1 aromatic carbocycles. The first kappa shape index (κ1) is 19.7. The third-order valence-corrected chi connectivity index (χ3v) is 5.94. The van der Waals surface area contributed by atoms with Crippen LogP contribution in [0.4, 0.5) is 18.9 Å². The minimum atomic E-state index is -4.62. The molecule has 2 aliphatic rings. The minimum absolute atomic E-state index is 0.0357. The van der Waals surface area contributed by atoms with Gasteiger partial charge in [-0.05, 0) is 23.8 Å². The summed E-state index contributed by atoms with van der Waals surface area (Å²) in [5.74, 6) is 0.339. The van der Waals surface area contributed by atoms with Crippen LogP contribution in [0.1, 0.15) is 33.0 Å². The summed E-state index contributed by atoms with van der Waals surface area (Å²) in [6.45, 7) is 0.798. The van der Waals surface area contributed by atoms with E-state index in [0.717, 1.165) is 17.6 Å². The molecule has 7 nitrogen and oxygen atoms in total. The number of benzene rings is 1. The van der Waals surface area contributed by atoms with Crippen LogP contribution in [0.2, 0.25) is 0 Å². The van der Waals surface area contributed by atoms with Crippen LogP contribution in [0.5, 0.6) is 0 Å². The van der Waals surface area contributed by atoms with Crippen LogP contribution in [0, 0.1) is 0 Å². The summed E-state index contributed by atoms with van der Waals surface area (Å²) in [5.41, 5.74) is 0.0848. The summed E-state index contributed by atoms with van der Waals surface area (Å²) in [5, 5.41) is 8.08. The van der Waals surface area contributed by atoms with Gasteiger partial charge in [-0.25, -0.2) is 0 Å². The van der Waals surface area contributed by atoms with Crippen LogP contribution in [0.3, 0.4) is 0 Å². The topological polar surface area (TPSA) is 73.1 Å². The van der Waals surface area contributed by atoms with Crippen molar-refractivity contribution in [3.8, 4) is 0 Å². The predicted octanol–water partition coefficient (Wildman–Crippen LogP) is 2.90. The predicted molar refractivity (Wildman–Crippen MR) is 103 cm³/mol. The van der Waals surface area contributed by atoms with Crippen LogP contribution in [0.15, 0.2) is 42.9 Å². The lowest BCUT2D eigenvalue weighted by molar-refractivity contribution is -0.141. The maximum Gasteiger partial charge on any atom is 0.433 e. The van der Waals surface area contributed by atoms with Gasteiger partial charge in [-0.2, -0.15) is 13.2 Å². The summed E-state index contributed by atoms with van der Waals surface area (Å²) in [7, 11) is 1.87. The van der Waals surface area contributed by atoms with E-state index in [9.17, 15) is 18.0 Å². The SMILES string of the molecule is Cn1cnnc1CC1(c2cccc(N3Cc4c(ccnc4C(F)(F)F)C3=O)c2)COC1. The molecule has 160 valence electrons. The lowest BCUT2D eigenvalue weighted by Gasteiger charge is -2.42. The average molecular weight is 429 g/mol. The van der Waals surface area contributed by atoms with Crippen LogP contribution in [-0.2, 0) is 36.3 Å². The lowest BCUT2D eigenvalue weighted by Crippen LogP contribution is -2.49. The van der Waals surface area contributed by atoms with Gasteiger partial charge in [0.05, 0.1) is 19.8 Å². The Hall–Kier alpha value is -3.27. The highest BCUT2D eigenvalue weighted by molar-refractivity contribution is 6.10. The Morgan fingerprint density at radius 2 is 2.03 bits per heavy atom. The van der Waals surface area contributed by atoms with Gasteiger partial charge < -0.3 is 14.2 Å². The number of anilines is 1. The highest BCUT2D eigenvalue weighted by Gasteiger charge is 2.43. The molecule has 10 heteroatoms. The Labute approximate surface area is 175 Å². The smallest absolute Gasteiger partial charge is 0.379 e. The number of fused-ring (bicyclic) bond motifs is 1. The van der Waals surface area contributed by atoms with E-state index in [0.29, 0.717) is 25.3 Å². The van der Waals surface area contributed by atoms with Crippen molar-refractivity contribution in [2.45, 2.75) is 24.6 Å². The van der Waals surface area contributed by atoms with Crippen molar-refractivity contribution in [1.29, 1.82) is 0 Å². The van der Waals surface area contributed by atoms with Crippen LogP contribution < -0.4 is 4.90 Å². The normalized spacial score (nSPS) is 17.5. The molecule has 1 saturated heterocycles. The lowest BCUT2D eigenvalue weighted by atomic mass is 9.75. The Balaban J connectivity index is 1.48.